The molecule has 0 aromatic heterocycles. The minimum atomic E-state index is -0.892. The Labute approximate surface area is 204 Å². The highest BCUT2D eigenvalue weighted by Crippen LogP contribution is 2.41. The summed E-state index contributed by atoms with van der Waals surface area (Å²) in [4.78, 5) is 0. The van der Waals surface area contributed by atoms with E-state index in [4.69, 9.17) is 28.4 Å². The minimum absolute atomic E-state index is 0.122. The molecule has 3 fully saturated rings. The Morgan fingerprint density at radius 3 is 1.51 bits per heavy atom. The second-order valence-corrected chi connectivity index (χ2v) is 8.94. The summed E-state index contributed by atoms with van der Waals surface area (Å²) in [5.41, 5.74) is 2.66. The predicted octanol–water partition coefficient (Wildman–Crippen LogP) is 4.06. The average molecular weight is 477 g/mol. The number of benzene rings is 3. The smallest absolute Gasteiger partial charge is 0.184 e. The average Bonchev–Trinajstić information content (AvgIpc) is 2.94. The number of aliphatic hydroxyl groups excluding tert-OH is 1. The molecule has 3 aromatic carbocycles. The van der Waals surface area contributed by atoms with Gasteiger partial charge in [0.15, 0.2) is 18.9 Å². The second kappa shape index (κ2) is 10.2. The number of aliphatic hydroxyl groups is 1. The van der Waals surface area contributed by atoms with Gasteiger partial charge in [0.1, 0.15) is 30.5 Å². The first kappa shape index (κ1) is 22.8. The van der Waals surface area contributed by atoms with Crippen LogP contribution in [-0.4, -0.2) is 48.8 Å². The van der Waals surface area contributed by atoms with E-state index in [2.05, 4.69) is 0 Å². The van der Waals surface area contributed by atoms with Crippen LogP contribution in [0.15, 0.2) is 91.0 Å². The third-order valence-electron chi connectivity index (χ3n) is 6.58. The molecule has 0 bridgehead atoms. The van der Waals surface area contributed by atoms with Crippen LogP contribution in [0.25, 0.3) is 0 Å². The Balaban J connectivity index is 1.30. The van der Waals surface area contributed by atoms with Crippen LogP contribution in [0.4, 0.5) is 0 Å². The molecule has 1 N–H and O–H groups in total. The van der Waals surface area contributed by atoms with Gasteiger partial charge in [0.2, 0.25) is 0 Å². The molecule has 3 aliphatic rings. The first-order valence-electron chi connectivity index (χ1n) is 11.9. The predicted molar refractivity (Wildman–Crippen MR) is 125 cm³/mol. The van der Waals surface area contributed by atoms with Crippen LogP contribution >= 0.6 is 0 Å². The maximum Gasteiger partial charge on any atom is 0.184 e. The third kappa shape index (κ3) is 4.77. The molecule has 3 heterocycles. The zero-order chi connectivity index (χ0) is 23.6. The van der Waals surface area contributed by atoms with Crippen LogP contribution in [0, 0.1) is 0 Å². The molecule has 8 atom stereocenters. The van der Waals surface area contributed by atoms with Crippen LogP contribution in [0.3, 0.4) is 0 Å². The fourth-order valence-electron chi connectivity index (χ4n) is 4.81. The van der Waals surface area contributed by atoms with E-state index >= 15 is 0 Å². The molecule has 3 aliphatic heterocycles. The van der Waals surface area contributed by atoms with Crippen molar-refractivity contribution < 1.29 is 33.5 Å². The van der Waals surface area contributed by atoms with E-state index in [-0.39, 0.29) is 6.61 Å². The number of hydrogen-bond acceptors (Lipinski definition) is 7. The molecule has 0 aliphatic carbocycles. The minimum Gasteiger partial charge on any atom is -0.388 e. The Bertz CT molecular complexity index is 1030. The van der Waals surface area contributed by atoms with E-state index in [1.165, 1.54) is 0 Å². The van der Waals surface area contributed by atoms with Gasteiger partial charge in [0.25, 0.3) is 0 Å². The first-order valence-corrected chi connectivity index (χ1v) is 11.9. The van der Waals surface area contributed by atoms with Gasteiger partial charge >= 0.3 is 0 Å². The molecule has 0 saturated carbocycles. The molecule has 6 rings (SSSR count). The van der Waals surface area contributed by atoms with Gasteiger partial charge in [-0.15, -0.1) is 0 Å². The van der Waals surface area contributed by atoms with Crippen molar-refractivity contribution in [1.82, 2.24) is 0 Å². The summed E-state index contributed by atoms with van der Waals surface area (Å²) in [6, 6.07) is 29.2. The Kier molecular flexibility index (Phi) is 6.63. The summed E-state index contributed by atoms with van der Waals surface area (Å²) in [5, 5.41) is 11.0. The van der Waals surface area contributed by atoms with Crippen LogP contribution in [0.2, 0.25) is 0 Å². The van der Waals surface area contributed by atoms with Gasteiger partial charge in [-0.1, -0.05) is 91.0 Å². The molecule has 0 amide bonds. The van der Waals surface area contributed by atoms with E-state index in [9.17, 15) is 5.11 Å². The van der Waals surface area contributed by atoms with E-state index in [1.807, 2.05) is 91.0 Å². The molecule has 0 radical (unpaired) electrons. The largest absolute Gasteiger partial charge is 0.388 e. The van der Waals surface area contributed by atoms with E-state index in [0.717, 1.165) is 16.7 Å². The Morgan fingerprint density at radius 2 is 0.943 bits per heavy atom. The van der Waals surface area contributed by atoms with Crippen molar-refractivity contribution in [3.05, 3.63) is 108 Å². The Morgan fingerprint density at radius 1 is 0.486 bits per heavy atom. The van der Waals surface area contributed by atoms with Gasteiger partial charge in [0.05, 0.1) is 13.2 Å². The number of rotatable bonds is 4. The van der Waals surface area contributed by atoms with Crippen molar-refractivity contribution in [3.63, 3.8) is 0 Å². The van der Waals surface area contributed by atoms with Gasteiger partial charge in [-0.2, -0.15) is 0 Å². The lowest BCUT2D eigenvalue weighted by atomic mass is 9.95. The van der Waals surface area contributed by atoms with Gasteiger partial charge in [0, 0.05) is 16.7 Å². The lowest BCUT2D eigenvalue weighted by Crippen LogP contribution is -2.62. The van der Waals surface area contributed by atoms with Gasteiger partial charge in [-0.05, 0) is 0 Å². The van der Waals surface area contributed by atoms with E-state index in [0.29, 0.717) is 6.61 Å². The topological polar surface area (TPSA) is 75.6 Å². The summed E-state index contributed by atoms with van der Waals surface area (Å²) < 4.78 is 37.4. The van der Waals surface area contributed by atoms with Crippen LogP contribution in [0.5, 0.6) is 0 Å². The zero-order valence-corrected chi connectivity index (χ0v) is 19.1. The highest BCUT2D eigenvalue weighted by molar-refractivity contribution is 5.19. The molecule has 3 aromatic rings. The molecule has 35 heavy (non-hydrogen) atoms. The summed E-state index contributed by atoms with van der Waals surface area (Å²) in [7, 11) is 0. The van der Waals surface area contributed by atoms with Crippen molar-refractivity contribution in [3.8, 4) is 0 Å². The lowest BCUT2D eigenvalue weighted by molar-refractivity contribution is -0.391. The molecular weight excluding hydrogens is 448 g/mol. The highest BCUT2D eigenvalue weighted by Gasteiger charge is 2.52. The molecule has 7 nitrogen and oxygen atoms in total. The van der Waals surface area contributed by atoms with Gasteiger partial charge < -0.3 is 33.5 Å². The van der Waals surface area contributed by atoms with Crippen LogP contribution < -0.4 is 0 Å². The lowest BCUT2D eigenvalue weighted by Gasteiger charge is -2.49. The maximum atomic E-state index is 11.0. The molecular formula is C28H28O7. The number of hydrogen-bond donors (Lipinski definition) is 1. The SMILES string of the molecule is O[C@H]1CO[C@@H](c2ccccc2)O[C@H]1[C@H]1O[C@@H](c2ccccc2)O[C@@H]2CO[C@H](c3ccccc3)O[C@H]12. The fraction of sp³-hybridized carbons (Fsp3) is 0.357. The molecule has 182 valence electrons. The molecule has 0 spiro atoms. The monoisotopic (exact) mass is 476 g/mol. The normalized spacial score (nSPS) is 35.2. The van der Waals surface area contributed by atoms with Crippen molar-refractivity contribution in [1.29, 1.82) is 0 Å². The van der Waals surface area contributed by atoms with E-state index in [1.54, 1.807) is 0 Å². The standard InChI is InChI=1S/C28H28O7/c29-21-16-30-26(18-10-4-1-5-11-18)33-23(21)25-24-22(32-28(35-25)20-14-8-3-9-15-20)17-31-27(34-24)19-12-6-2-7-13-19/h1-15,21-29H,16-17H2/t21-,22+,23+,24-,25+,26+,27-,28-/m0/s1. The van der Waals surface area contributed by atoms with Crippen molar-refractivity contribution in [2.75, 3.05) is 13.2 Å². The van der Waals surface area contributed by atoms with Crippen LogP contribution in [0.1, 0.15) is 35.6 Å². The van der Waals surface area contributed by atoms with Crippen molar-refractivity contribution in [2.24, 2.45) is 0 Å². The van der Waals surface area contributed by atoms with Gasteiger partial charge in [-0.25, -0.2) is 0 Å². The van der Waals surface area contributed by atoms with E-state index < -0.39 is 49.4 Å². The fourth-order valence-corrected chi connectivity index (χ4v) is 4.81. The maximum absolute atomic E-state index is 11.0. The molecule has 0 unspecified atom stereocenters. The summed E-state index contributed by atoms with van der Waals surface area (Å²) in [6.07, 6.45) is -4.92. The summed E-state index contributed by atoms with van der Waals surface area (Å²) in [6.45, 7) is 0.450. The summed E-state index contributed by atoms with van der Waals surface area (Å²) in [5.74, 6) is 0. The molecule has 7 heteroatoms. The second-order valence-electron chi connectivity index (χ2n) is 8.94. The summed E-state index contributed by atoms with van der Waals surface area (Å²) >= 11 is 0. The first-order chi connectivity index (χ1) is 17.3. The van der Waals surface area contributed by atoms with Gasteiger partial charge in [-0.3, -0.25) is 0 Å². The quantitative estimate of drug-likeness (QED) is 0.609. The number of fused-ring (bicyclic) bond motifs is 1. The van der Waals surface area contributed by atoms with Crippen molar-refractivity contribution in [2.45, 2.75) is 49.4 Å². The third-order valence-corrected chi connectivity index (χ3v) is 6.58. The number of ether oxygens (including phenoxy) is 6. The molecule has 3 saturated heterocycles. The zero-order valence-electron chi connectivity index (χ0n) is 19.1. The van der Waals surface area contributed by atoms with Crippen LogP contribution in [-0.2, 0) is 28.4 Å². The van der Waals surface area contributed by atoms with Crippen molar-refractivity contribution >= 4 is 0 Å². The highest BCUT2D eigenvalue weighted by atomic mass is 16.8. The Hall–Kier alpha value is -2.62.